The number of carbonyl (C=O) groups is 1. The van der Waals surface area contributed by atoms with Gasteiger partial charge in [0.15, 0.2) is 0 Å². The molecule has 0 aliphatic carbocycles. The number of carbonyl (C=O) groups excluding carboxylic acids is 1. The highest BCUT2D eigenvalue weighted by atomic mass is 16.2. The number of anilines is 1. The first-order valence-corrected chi connectivity index (χ1v) is 9.97. The zero-order valence-corrected chi connectivity index (χ0v) is 16.3. The number of piperidine rings is 2. The molecule has 1 amide bonds. The molecule has 2 aliphatic heterocycles. The summed E-state index contributed by atoms with van der Waals surface area (Å²) in [7, 11) is 0. The van der Waals surface area contributed by atoms with Crippen molar-refractivity contribution < 1.29 is 4.79 Å². The van der Waals surface area contributed by atoms with Crippen LogP contribution in [0.3, 0.4) is 0 Å². The molecule has 142 valence electrons. The predicted molar refractivity (Wildman–Crippen MR) is 107 cm³/mol. The monoisotopic (exact) mass is 364 g/mol. The molecule has 5 nitrogen and oxygen atoms in total. The standard InChI is InChI=1S/C22H28N4O/c1-3-25-15-22(14-19(21(25)27)18-7-5-4-6-8-18)9-11-26(12-10-22)20-13-17(2)23-16-24-20/h4-8,13,16,19H,3,9-12,14-15H2,1-2H3/t19-/m0/s1. The molecule has 27 heavy (non-hydrogen) atoms. The van der Waals surface area contributed by atoms with E-state index < -0.39 is 0 Å². The van der Waals surface area contributed by atoms with E-state index in [0.717, 1.165) is 62.5 Å². The zero-order chi connectivity index (χ0) is 18.9. The highest BCUT2D eigenvalue weighted by Gasteiger charge is 2.45. The molecule has 1 aromatic carbocycles. The van der Waals surface area contributed by atoms with Crippen molar-refractivity contribution in [1.82, 2.24) is 14.9 Å². The Morgan fingerprint density at radius 1 is 1.15 bits per heavy atom. The van der Waals surface area contributed by atoms with Crippen LogP contribution >= 0.6 is 0 Å². The second-order valence-corrected chi connectivity index (χ2v) is 8.02. The van der Waals surface area contributed by atoms with Crippen LogP contribution in [0.2, 0.25) is 0 Å². The van der Waals surface area contributed by atoms with Crippen LogP contribution in [0.5, 0.6) is 0 Å². The van der Waals surface area contributed by atoms with Crippen molar-refractivity contribution in [3.8, 4) is 0 Å². The van der Waals surface area contributed by atoms with Gasteiger partial charge in [-0.15, -0.1) is 0 Å². The van der Waals surface area contributed by atoms with Gasteiger partial charge in [-0.05, 0) is 44.1 Å². The fraction of sp³-hybridized carbons (Fsp3) is 0.500. The van der Waals surface area contributed by atoms with Gasteiger partial charge in [-0.3, -0.25) is 4.79 Å². The second-order valence-electron chi connectivity index (χ2n) is 8.02. The molecule has 1 atom stereocenters. The number of hydrogen-bond acceptors (Lipinski definition) is 4. The average molecular weight is 364 g/mol. The summed E-state index contributed by atoms with van der Waals surface area (Å²) in [6.45, 7) is 7.76. The lowest BCUT2D eigenvalue weighted by molar-refractivity contribution is -0.140. The Hall–Kier alpha value is -2.43. The topological polar surface area (TPSA) is 49.3 Å². The van der Waals surface area contributed by atoms with Crippen LogP contribution in [-0.4, -0.2) is 47.0 Å². The molecule has 1 spiro atoms. The Morgan fingerprint density at radius 2 is 1.89 bits per heavy atom. The van der Waals surface area contributed by atoms with Crippen LogP contribution in [0.1, 0.15) is 43.4 Å². The summed E-state index contributed by atoms with van der Waals surface area (Å²) >= 11 is 0. The van der Waals surface area contributed by atoms with Gasteiger partial charge in [0.25, 0.3) is 0 Å². The predicted octanol–water partition coefficient (Wildman–Crippen LogP) is 3.41. The first-order valence-electron chi connectivity index (χ1n) is 9.97. The van der Waals surface area contributed by atoms with Crippen molar-refractivity contribution in [2.24, 2.45) is 5.41 Å². The van der Waals surface area contributed by atoms with Gasteiger partial charge in [0, 0.05) is 37.9 Å². The smallest absolute Gasteiger partial charge is 0.230 e. The fourth-order valence-electron chi connectivity index (χ4n) is 4.69. The van der Waals surface area contributed by atoms with Gasteiger partial charge in [0.05, 0.1) is 5.92 Å². The van der Waals surface area contributed by atoms with E-state index in [1.54, 1.807) is 6.33 Å². The SMILES string of the molecule is CCN1CC2(CCN(c3cc(C)ncn3)CC2)C[C@@H](c2ccccc2)C1=O. The Morgan fingerprint density at radius 3 is 2.56 bits per heavy atom. The van der Waals surface area contributed by atoms with Crippen LogP contribution < -0.4 is 4.90 Å². The van der Waals surface area contributed by atoms with Crippen LogP contribution in [0.4, 0.5) is 5.82 Å². The van der Waals surface area contributed by atoms with Crippen LogP contribution in [-0.2, 0) is 4.79 Å². The molecular weight excluding hydrogens is 336 g/mol. The molecule has 2 aliphatic rings. The van der Waals surface area contributed by atoms with Gasteiger partial charge < -0.3 is 9.80 Å². The number of amides is 1. The molecule has 0 unspecified atom stereocenters. The summed E-state index contributed by atoms with van der Waals surface area (Å²) in [6.07, 6.45) is 4.81. The lowest BCUT2D eigenvalue weighted by Crippen LogP contribution is -2.54. The molecule has 0 bridgehead atoms. The van der Waals surface area contributed by atoms with Crippen LogP contribution in [0, 0.1) is 12.3 Å². The third-order valence-electron chi connectivity index (χ3n) is 6.29. The summed E-state index contributed by atoms with van der Waals surface area (Å²) in [4.78, 5) is 26.1. The minimum absolute atomic E-state index is 0.00672. The molecule has 2 saturated heterocycles. The maximum atomic E-state index is 13.0. The maximum absolute atomic E-state index is 13.0. The zero-order valence-electron chi connectivity index (χ0n) is 16.3. The van der Waals surface area contributed by atoms with E-state index in [2.05, 4.69) is 44.9 Å². The fourth-order valence-corrected chi connectivity index (χ4v) is 4.69. The molecule has 5 heteroatoms. The number of aromatic nitrogens is 2. The quantitative estimate of drug-likeness (QED) is 0.837. The van der Waals surface area contributed by atoms with Crippen molar-refractivity contribution in [1.29, 1.82) is 0 Å². The Balaban J connectivity index is 1.53. The minimum atomic E-state index is -0.00672. The van der Waals surface area contributed by atoms with E-state index in [0.29, 0.717) is 5.91 Å². The van der Waals surface area contributed by atoms with Crippen molar-refractivity contribution in [3.05, 3.63) is 54.0 Å². The van der Waals surface area contributed by atoms with Gasteiger partial charge in [-0.25, -0.2) is 9.97 Å². The number of rotatable bonds is 3. The number of nitrogens with zero attached hydrogens (tertiary/aromatic N) is 4. The molecule has 2 aromatic rings. The van der Waals surface area contributed by atoms with Crippen molar-refractivity contribution >= 4 is 11.7 Å². The van der Waals surface area contributed by atoms with Crippen molar-refractivity contribution in [3.63, 3.8) is 0 Å². The summed E-state index contributed by atoms with van der Waals surface area (Å²) in [5, 5.41) is 0. The highest BCUT2D eigenvalue weighted by molar-refractivity contribution is 5.84. The van der Waals surface area contributed by atoms with Gasteiger partial charge in [-0.2, -0.15) is 0 Å². The third kappa shape index (κ3) is 3.55. The average Bonchev–Trinajstić information content (AvgIpc) is 2.71. The largest absolute Gasteiger partial charge is 0.356 e. The van der Waals surface area contributed by atoms with Gasteiger partial charge in [0.1, 0.15) is 12.1 Å². The lowest BCUT2D eigenvalue weighted by Gasteiger charge is -2.50. The number of aryl methyl sites for hydroxylation is 1. The molecule has 0 saturated carbocycles. The molecule has 4 rings (SSSR count). The number of likely N-dealkylation sites (N-methyl/N-ethyl adjacent to an activating group) is 1. The highest BCUT2D eigenvalue weighted by Crippen LogP contribution is 2.45. The number of benzene rings is 1. The van der Waals surface area contributed by atoms with E-state index in [1.165, 1.54) is 0 Å². The third-order valence-corrected chi connectivity index (χ3v) is 6.29. The number of likely N-dealkylation sites (tertiary alicyclic amines) is 1. The Bertz CT molecular complexity index is 799. The molecule has 0 radical (unpaired) electrons. The van der Waals surface area contributed by atoms with Crippen molar-refractivity contribution in [2.75, 3.05) is 31.1 Å². The van der Waals surface area contributed by atoms with E-state index in [9.17, 15) is 4.79 Å². The number of hydrogen-bond donors (Lipinski definition) is 0. The lowest BCUT2D eigenvalue weighted by atomic mass is 9.67. The summed E-state index contributed by atoms with van der Waals surface area (Å²) in [6, 6.07) is 12.4. The van der Waals surface area contributed by atoms with Crippen LogP contribution in [0.15, 0.2) is 42.7 Å². The van der Waals surface area contributed by atoms with E-state index >= 15 is 0 Å². The van der Waals surface area contributed by atoms with Crippen molar-refractivity contribution in [2.45, 2.75) is 39.0 Å². The van der Waals surface area contributed by atoms with E-state index in [1.807, 2.05) is 25.1 Å². The van der Waals surface area contributed by atoms with Gasteiger partial charge in [-0.1, -0.05) is 30.3 Å². The van der Waals surface area contributed by atoms with Gasteiger partial charge in [0.2, 0.25) is 5.91 Å². The van der Waals surface area contributed by atoms with E-state index in [4.69, 9.17) is 0 Å². The Kier molecular flexibility index (Phi) is 4.85. The second kappa shape index (κ2) is 7.29. The van der Waals surface area contributed by atoms with E-state index in [-0.39, 0.29) is 11.3 Å². The minimum Gasteiger partial charge on any atom is -0.356 e. The van der Waals surface area contributed by atoms with Gasteiger partial charge >= 0.3 is 0 Å². The van der Waals surface area contributed by atoms with Crippen LogP contribution in [0.25, 0.3) is 0 Å². The maximum Gasteiger partial charge on any atom is 0.230 e. The molecule has 2 fully saturated rings. The summed E-state index contributed by atoms with van der Waals surface area (Å²) < 4.78 is 0. The molecule has 0 N–H and O–H groups in total. The molecule has 3 heterocycles. The molecular formula is C22H28N4O. The summed E-state index contributed by atoms with van der Waals surface area (Å²) in [5.74, 6) is 1.31. The molecule has 1 aromatic heterocycles. The normalized spacial score (nSPS) is 22.3. The Labute approximate surface area is 161 Å². The first kappa shape index (κ1) is 18.0. The summed E-state index contributed by atoms with van der Waals surface area (Å²) in [5.41, 5.74) is 2.38. The first-order chi connectivity index (χ1) is 13.1.